The second-order valence-electron chi connectivity index (χ2n) is 10.3. The lowest BCUT2D eigenvalue weighted by Gasteiger charge is -2.28. The van der Waals surface area contributed by atoms with Gasteiger partial charge in [-0.05, 0) is 80.0 Å². The summed E-state index contributed by atoms with van der Waals surface area (Å²) in [5, 5.41) is 4.80. The van der Waals surface area contributed by atoms with E-state index in [2.05, 4.69) is 17.4 Å². The number of aromatic nitrogens is 2. The van der Waals surface area contributed by atoms with Crippen molar-refractivity contribution in [1.29, 1.82) is 0 Å². The van der Waals surface area contributed by atoms with Gasteiger partial charge in [-0.3, -0.25) is 19.0 Å². The van der Waals surface area contributed by atoms with Crippen molar-refractivity contribution >= 4 is 46.0 Å². The molecule has 1 aromatic heterocycles. The molecule has 1 fully saturated rings. The van der Waals surface area contributed by atoms with Crippen molar-refractivity contribution in [3.8, 4) is 0 Å². The van der Waals surface area contributed by atoms with E-state index in [0.717, 1.165) is 32.1 Å². The summed E-state index contributed by atoms with van der Waals surface area (Å²) in [5.41, 5.74) is 2.32. The number of Topliss-reactive ketones (excluding diaryl/α,β-unsaturated/α-hetero) is 1. The second kappa shape index (κ2) is 13.3. The predicted molar refractivity (Wildman–Crippen MR) is 161 cm³/mol. The fourth-order valence-electron chi connectivity index (χ4n) is 5.25. The number of benzene rings is 3. The fraction of sp³-hybridized carbons (Fsp3) is 0.312. The van der Waals surface area contributed by atoms with Gasteiger partial charge in [0.1, 0.15) is 0 Å². The van der Waals surface area contributed by atoms with Crippen LogP contribution in [0, 0.1) is 11.8 Å². The molecule has 0 unspecified atom stereocenters. The van der Waals surface area contributed by atoms with Crippen molar-refractivity contribution in [3.05, 3.63) is 105 Å². The summed E-state index contributed by atoms with van der Waals surface area (Å²) in [6, 6.07) is 24.3. The minimum atomic E-state index is -0.0900. The van der Waals surface area contributed by atoms with Crippen LogP contribution in [0.1, 0.15) is 41.6 Å². The molecule has 0 spiro atoms. The smallest absolute Gasteiger partial charge is 0.262 e. The molecule has 4 aromatic rings. The SMILES string of the molecule is O=C(CSc1nc2ccccc2c(=O)n1CC1CCC(C(=O)NCCc2ccccc2)CC1)c1ccc(Cl)cc1. The van der Waals surface area contributed by atoms with Crippen molar-refractivity contribution in [2.75, 3.05) is 12.3 Å². The molecule has 206 valence electrons. The summed E-state index contributed by atoms with van der Waals surface area (Å²) in [4.78, 5) is 43.9. The van der Waals surface area contributed by atoms with E-state index in [9.17, 15) is 14.4 Å². The number of fused-ring (bicyclic) bond motifs is 1. The molecular formula is C32H32ClN3O3S. The first kappa shape index (κ1) is 28.1. The summed E-state index contributed by atoms with van der Waals surface area (Å²) in [5.74, 6) is 0.512. The lowest BCUT2D eigenvalue weighted by molar-refractivity contribution is -0.126. The summed E-state index contributed by atoms with van der Waals surface area (Å²) in [7, 11) is 0. The molecule has 1 saturated carbocycles. The van der Waals surface area contributed by atoms with Crippen LogP contribution in [0.4, 0.5) is 0 Å². The van der Waals surface area contributed by atoms with Crippen LogP contribution in [0.25, 0.3) is 10.9 Å². The lowest BCUT2D eigenvalue weighted by atomic mass is 9.81. The normalized spacial score (nSPS) is 17.0. The standard InChI is InChI=1S/C32H32ClN3O3S/c33-26-16-14-24(15-17-26)29(37)21-40-32-35-28-9-5-4-8-27(28)31(39)36(32)20-23-10-12-25(13-11-23)30(38)34-19-18-22-6-2-1-3-7-22/h1-9,14-17,23,25H,10-13,18-21H2,(H,34,38). The molecule has 0 saturated heterocycles. The van der Waals surface area contributed by atoms with Gasteiger partial charge in [-0.15, -0.1) is 0 Å². The van der Waals surface area contributed by atoms with E-state index < -0.39 is 0 Å². The molecule has 0 atom stereocenters. The Morgan fingerprint density at radius 1 is 0.925 bits per heavy atom. The quantitative estimate of drug-likeness (QED) is 0.139. The highest BCUT2D eigenvalue weighted by Crippen LogP contribution is 2.31. The number of hydrogen-bond acceptors (Lipinski definition) is 5. The third kappa shape index (κ3) is 7.01. The number of rotatable bonds is 10. The third-order valence-corrected chi connectivity index (χ3v) is 8.77. The van der Waals surface area contributed by atoms with Crippen LogP contribution < -0.4 is 10.9 Å². The zero-order valence-corrected chi connectivity index (χ0v) is 23.8. The van der Waals surface area contributed by atoms with Gasteiger partial charge in [0.25, 0.3) is 5.56 Å². The molecule has 1 heterocycles. The molecule has 40 heavy (non-hydrogen) atoms. The largest absolute Gasteiger partial charge is 0.356 e. The molecular weight excluding hydrogens is 542 g/mol. The van der Waals surface area contributed by atoms with E-state index in [1.54, 1.807) is 34.9 Å². The van der Waals surface area contributed by atoms with Gasteiger partial charge in [0.15, 0.2) is 10.9 Å². The number of carbonyl (C=O) groups excluding carboxylic acids is 2. The number of nitrogens with one attached hydrogen (secondary N) is 1. The van der Waals surface area contributed by atoms with Gasteiger partial charge in [0.2, 0.25) is 5.91 Å². The van der Waals surface area contributed by atoms with E-state index in [-0.39, 0.29) is 34.8 Å². The van der Waals surface area contributed by atoms with Crippen LogP contribution in [0.3, 0.4) is 0 Å². The van der Waals surface area contributed by atoms with Crippen LogP contribution in [0.15, 0.2) is 88.8 Å². The Hall–Kier alpha value is -3.42. The number of hydrogen-bond donors (Lipinski definition) is 1. The van der Waals surface area contributed by atoms with Gasteiger partial charge >= 0.3 is 0 Å². The number of halogens is 1. The Morgan fingerprint density at radius 2 is 1.62 bits per heavy atom. The maximum absolute atomic E-state index is 13.5. The molecule has 0 radical (unpaired) electrons. The minimum absolute atomic E-state index is 0.00400. The van der Waals surface area contributed by atoms with E-state index in [0.29, 0.717) is 39.7 Å². The number of para-hydroxylation sites is 1. The van der Waals surface area contributed by atoms with Crippen molar-refractivity contribution in [1.82, 2.24) is 14.9 Å². The fourth-order valence-corrected chi connectivity index (χ4v) is 6.28. The van der Waals surface area contributed by atoms with Crippen molar-refractivity contribution in [3.63, 3.8) is 0 Å². The molecule has 6 nitrogen and oxygen atoms in total. The number of thioether (sulfide) groups is 1. The Morgan fingerprint density at radius 3 is 2.38 bits per heavy atom. The Bertz CT molecular complexity index is 1530. The Labute approximate surface area is 243 Å². The van der Waals surface area contributed by atoms with E-state index in [1.165, 1.54) is 17.3 Å². The molecule has 0 aliphatic heterocycles. The van der Waals surface area contributed by atoms with Gasteiger partial charge < -0.3 is 5.32 Å². The molecule has 1 N–H and O–H groups in total. The molecule has 1 aliphatic rings. The van der Waals surface area contributed by atoms with Crippen LogP contribution in [0.2, 0.25) is 5.02 Å². The molecule has 0 bridgehead atoms. The molecule has 8 heteroatoms. The first-order chi connectivity index (χ1) is 19.5. The number of ketones is 1. The Kier molecular flexibility index (Phi) is 9.34. The first-order valence-electron chi connectivity index (χ1n) is 13.7. The van der Waals surface area contributed by atoms with E-state index in [4.69, 9.17) is 16.6 Å². The van der Waals surface area contributed by atoms with E-state index >= 15 is 0 Å². The second-order valence-corrected chi connectivity index (χ2v) is 11.7. The summed E-state index contributed by atoms with van der Waals surface area (Å²) in [6.07, 6.45) is 4.15. The maximum atomic E-state index is 13.5. The monoisotopic (exact) mass is 573 g/mol. The highest BCUT2D eigenvalue weighted by atomic mass is 35.5. The van der Waals surface area contributed by atoms with Crippen LogP contribution in [-0.4, -0.2) is 33.5 Å². The third-order valence-electron chi connectivity index (χ3n) is 7.54. The zero-order chi connectivity index (χ0) is 27.9. The summed E-state index contributed by atoms with van der Waals surface area (Å²) >= 11 is 7.25. The van der Waals surface area contributed by atoms with Crippen molar-refractivity contribution in [2.45, 2.75) is 43.8 Å². The van der Waals surface area contributed by atoms with Crippen LogP contribution >= 0.6 is 23.4 Å². The predicted octanol–water partition coefficient (Wildman–Crippen LogP) is 6.19. The zero-order valence-electron chi connectivity index (χ0n) is 22.2. The molecule has 5 rings (SSSR count). The van der Waals surface area contributed by atoms with Crippen LogP contribution in [0.5, 0.6) is 0 Å². The minimum Gasteiger partial charge on any atom is -0.356 e. The van der Waals surface area contributed by atoms with Crippen LogP contribution in [-0.2, 0) is 17.8 Å². The van der Waals surface area contributed by atoms with Gasteiger partial charge in [0, 0.05) is 29.6 Å². The maximum Gasteiger partial charge on any atom is 0.262 e. The van der Waals surface area contributed by atoms with Gasteiger partial charge in [0.05, 0.1) is 16.7 Å². The lowest BCUT2D eigenvalue weighted by Crippen LogP contribution is -2.35. The molecule has 3 aromatic carbocycles. The van der Waals surface area contributed by atoms with Gasteiger partial charge in [-0.2, -0.15) is 0 Å². The average Bonchev–Trinajstić information content (AvgIpc) is 2.99. The number of amides is 1. The Balaban J connectivity index is 1.22. The van der Waals surface area contributed by atoms with Crippen molar-refractivity contribution < 1.29 is 9.59 Å². The average molecular weight is 574 g/mol. The number of carbonyl (C=O) groups is 2. The highest BCUT2D eigenvalue weighted by Gasteiger charge is 2.27. The number of nitrogens with zero attached hydrogens (tertiary/aromatic N) is 2. The topological polar surface area (TPSA) is 81.1 Å². The first-order valence-corrected chi connectivity index (χ1v) is 15.1. The van der Waals surface area contributed by atoms with Gasteiger partial charge in [-0.25, -0.2) is 4.98 Å². The summed E-state index contributed by atoms with van der Waals surface area (Å²) in [6.45, 7) is 1.16. The van der Waals surface area contributed by atoms with Gasteiger partial charge in [-0.1, -0.05) is 65.8 Å². The highest BCUT2D eigenvalue weighted by molar-refractivity contribution is 7.99. The molecule has 1 amide bonds. The van der Waals surface area contributed by atoms with E-state index in [1.807, 2.05) is 36.4 Å². The summed E-state index contributed by atoms with van der Waals surface area (Å²) < 4.78 is 1.73. The molecule has 1 aliphatic carbocycles. The van der Waals surface area contributed by atoms with Crippen molar-refractivity contribution in [2.24, 2.45) is 11.8 Å².